The quantitative estimate of drug-likeness (QED) is 0.571. The molecule has 0 atom stereocenters. The average Bonchev–Trinajstić information content (AvgIpc) is 3.40. The molecule has 10 heteroatoms. The first-order valence-electron chi connectivity index (χ1n) is 9.01. The van der Waals surface area contributed by atoms with Crippen molar-refractivity contribution < 1.29 is 17.5 Å². The lowest BCUT2D eigenvalue weighted by Crippen LogP contribution is -2.48. The van der Waals surface area contributed by atoms with Crippen molar-refractivity contribution >= 4 is 32.7 Å². The maximum absolute atomic E-state index is 13.6. The molecule has 0 bridgehead atoms. The molecule has 1 saturated heterocycles. The Hall–Kier alpha value is -1.85. The van der Waals surface area contributed by atoms with E-state index < -0.39 is 15.8 Å². The molecule has 4 rings (SSSR count). The summed E-state index contributed by atoms with van der Waals surface area (Å²) in [4.78, 5) is 7.89. The number of sulfonamides is 1. The number of hydrogen-bond acceptors (Lipinski definition) is 7. The van der Waals surface area contributed by atoms with Crippen LogP contribution in [0.4, 0.5) is 4.39 Å². The van der Waals surface area contributed by atoms with Crippen molar-refractivity contribution in [2.75, 3.05) is 33.3 Å². The van der Waals surface area contributed by atoms with Gasteiger partial charge in [0.2, 0.25) is 10.0 Å². The highest BCUT2D eigenvalue weighted by Crippen LogP contribution is 2.29. The topological polar surface area (TPSA) is 62.7 Å². The van der Waals surface area contributed by atoms with Gasteiger partial charge in [0.15, 0.2) is 0 Å². The molecule has 1 fully saturated rings. The van der Waals surface area contributed by atoms with E-state index in [4.69, 9.17) is 9.72 Å². The van der Waals surface area contributed by atoms with E-state index in [0.29, 0.717) is 32.7 Å². The van der Waals surface area contributed by atoms with E-state index in [2.05, 4.69) is 10.3 Å². The van der Waals surface area contributed by atoms with Crippen LogP contribution in [0, 0.1) is 5.82 Å². The zero-order chi connectivity index (χ0) is 20.4. The number of methoxy groups -OCH3 is 1. The van der Waals surface area contributed by atoms with E-state index in [1.54, 1.807) is 22.7 Å². The lowest BCUT2D eigenvalue weighted by Gasteiger charge is -2.33. The molecule has 0 aliphatic carbocycles. The maximum Gasteiger partial charge on any atom is 0.246 e. The zero-order valence-electron chi connectivity index (χ0n) is 15.7. The van der Waals surface area contributed by atoms with Crippen LogP contribution in [-0.2, 0) is 16.6 Å². The van der Waals surface area contributed by atoms with Crippen LogP contribution in [0.15, 0.2) is 46.0 Å². The molecule has 2 aromatic heterocycles. The Kier molecular flexibility index (Phi) is 5.98. The van der Waals surface area contributed by atoms with Gasteiger partial charge in [-0.25, -0.2) is 17.8 Å². The molecule has 0 saturated carbocycles. The van der Waals surface area contributed by atoms with Gasteiger partial charge in [0, 0.05) is 31.6 Å². The minimum atomic E-state index is -3.82. The molecule has 3 heterocycles. The molecule has 1 aromatic carbocycles. The molecule has 1 aliphatic heterocycles. The third-order valence-electron chi connectivity index (χ3n) is 4.76. The van der Waals surface area contributed by atoms with E-state index in [0.717, 1.165) is 21.6 Å². The first kappa shape index (κ1) is 20.4. The normalized spacial score (nSPS) is 16.2. The summed E-state index contributed by atoms with van der Waals surface area (Å²) in [6, 6.07) is 7.60. The molecule has 29 heavy (non-hydrogen) atoms. The van der Waals surface area contributed by atoms with Gasteiger partial charge in [-0.15, -0.1) is 22.7 Å². The summed E-state index contributed by atoms with van der Waals surface area (Å²) in [7, 11) is -2.44. The Labute approximate surface area is 177 Å². The van der Waals surface area contributed by atoms with Crippen LogP contribution in [0.2, 0.25) is 0 Å². The Morgan fingerprint density at radius 3 is 2.66 bits per heavy atom. The molecule has 0 spiro atoms. The van der Waals surface area contributed by atoms with Gasteiger partial charge in [-0.2, -0.15) is 4.31 Å². The second-order valence-corrected chi connectivity index (χ2v) is 10.4. The Balaban J connectivity index is 1.41. The molecular weight excluding hydrogens is 433 g/mol. The number of thiophene rings is 1. The first-order chi connectivity index (χ1) is 14.0. The second kappa shape index (κ2) is 8.49. The van der Waals surface area contributed by atoms with E-state index in [1.165, 1.54) is 23.5 Å². The summed E-state index contributed by atoms with van der Waals surface area (Å²) in [5, 5.41) is 5.09. The highest BCUT2D eigenvalue weighted by atomic mass is 32.2. The number of piperazine rings is 1. The molecule has 6 nitrogen and oxygen atoms in total. The van der Waals surface area contributed by atoms with Crippen molar-refractivity contribution in [1.82, 2.24) is 14.2 Å². The molecule has 0 N–H and O–H groups in total. The number of nitrogens with zero attached hydrogens (tertiary/aromatic N) is 3. The Bertz CT molecular complexity index is 1080. The number of thiazole rings is 1. The number of aromatic nitrogens is 1. The third-order valence-corrected chi connectivity index (χ3v) is 8.40. The lowest BCUT2D eigenvalue weighted by molar-refractivity contribution is 0.181. The monoisotopic (exact) mass is 453 g/mol. The van der Waals surface area contributed by atoms with Crippen molar-refractivity contribution in [1.29, 1.82) is 0 Å². The summed E-state index contributed by atoms with van der Waals surface area (Å²) >= 11 is 3.28. The largest absolute Gasteiger partial charge is 0.495 e. The third kappa shape index (κ3) is 4.36. The number of ether oxygens (including phenoxy) is 1. The molecule has 1 aliphatic rings. The molecule has 3 aromatic rings. The van der Waals surface area contributed by atoms with Gasteiger partial charge in [-0.1, -0.05) is 6.07 Å². The predicted molar refractivity (Wildman–Crippen MR) is 112 cm³/mol. The number of rotatable bonds is 6. The summed E-state index contributed by atoms with van der Waals surface area (Å²) < 4.78 is 46.1. The second-order valence-electron chi connectivity index (χ2n) is 6.58. The van der Waals surface area contributed by atoms with Gasteiger partial charge in [-0.3, -0.25) is 4.90 Å². The Morgan fingerprint density at radius 2 is 1.97 bits per heavy atom. The van der Waals surface area contributed by atoms with Gasteiger partial charge in [-0.05, 0) is 29.6 Å². The standard InChI is InChI=1S/C19H20FN3O3S3/c1-26-16-5-4-14(20)11-18(16)29(24,25)23-8-6-22(7-9-23)12-19-21-15(13-28-19)17-3-2-10-27-17/h2-5,10-11,13H,6-9,12H2,1H3. The summed E-state index contributed by atoms with van der Waals surface area (Å²) in [5.74, 6) is -0.453. The average molecular weight is 454 g/mol. The van der Waals surface area contributed by atoms with E-state index in [1.807, 2.05) is 17.5 Å². The van der Waals surface area contributed by atoms with Gasteiger partial charge in [0.1, 0.15) is 21.5 Å². The van der Waals surface area contributed by atoms with Crippen LogP contribution in [0.25, 0.3) is 10.6 Å². The van der Waals surface area contributed by atoms with Crippen LogP contribution in [-0.4, -0.2) is 55.9 Å². The van der Waals surface area contributed by atoms with Crippen LogP contribution in [0.5, 0.6) is 5.75 Å². The van der Waals surface area contributed by atoms with Gasteiger partial charge >= 0.3 is 0 Å². The summed E-state index contributed by atoms with van der Waals surface area (Å²) in [6.07, 6.45) is 0. The molecule has 154 valence electrons. The van der Waals surface area contributed by atoms with Crippen molar-refractivity contribution in [3.05, 3.63) is 51.9 Å². The van der Waals surface area contributed by atoms with E-state index in [9.17, 15) is 12.8 Å². The van der Waals surface area contributed by atoms with Crippen molar-refractivity contribution in [3.63, 3.8) is 0 Å². The molecule has 0 unspecified atom stereocenters. The molecule has 0 radical (unpaired) electrons. The van der Waals surface area contributed by atoms with E-state index >= 15 is 0 Å². The van der Waals surface area contributed by atoms with Gasteiger partial charge in [0.25, 0.3) is 0 Å². The molecule has 0 amide bonds. The van der Waals surface area contributed by atoms with Crippen molar-refractivity contribution in [3.8, 4) is 16.3 Å². The minimum absolute atomic E-state index is 0.131. The maximum atomic E-state index is 13.6. The first-order valence-corrected chi connectivity index (χ1v) is 12.2. The molecular formula is C19H20FN3O3S3. The van der Waals surface area contributed by atoms with Crippen LogP contribution in [0.3, 0.4) is 0 Å². The van der Waals surface area contributed by atoms with Crippen molar-refractivity contribution in [2.45, 2.75) is 11.4 Å². The number of halogens is 1. The zero-order valence-corrected chi connectivity index (χ0v) is 18.2. The fourth-order valence-electron chi connectivity index (χ4n) is 3.23. The van der Waals surface area contributed by atoms with Crippen LogP contribution < -0.4 is 4.74 Å². The van der Waals surface area contributed by atoms with Crippen LogP contribution in [0.1, 0.15) is 5.01 Å². The highest BCUT2D eigenvalue weighted by molar-refractivity contribution is 7.89. The van der Waals surface area contributed by atoms with Crippen LogP contribution >= 0.6 is 22.7 Å². The fraction of sp³-hybridized carbons (Fsp3) is 0.316. The van der Waals surface area contributed by atoms with Gasteiger partial charge in [0.05, 0.1) is 24.2 Å². The van der Waals surface area contributed by atoms with E-state index in [-0.39, 0.29) is 10.6 Å². The van der Waals surface area contributed by atoms with Gasteiger partial charge < -0.3 is 4.74 Å². The smallest absolute Gasteiger partial charge is 0.246 e. The lowest BCUT2D eigenvalue weighted by atomic mass is 10.3. The highest BCUT2D eigenvalue weighted by Gasteiger charge is 2.31. The number of benzene rings is 1. The minimum Gasteiger partial charge on any atom is -0.495 e. The van der Waals surface area contributed by atoms with Crippen molar-refractivity contribution in [2.24, 2.45) is 0 Å². The predicted octanol–water partition coefficient (Wildman–Crippen LogP) is 3.53. The summed E-state index contributed by atoms with van der Waals surface area (Å²) in [6.45, 7) is 2.54. The summed E-state index contributed by atoms with van der Waals surface area (Å²) in [5.41, 5.74) is 0.986. The fourth-order valence-corrected chi connectivity index (χ4v) is 6.42. The Morgan fingerprint density at radius 1 is 1.17 bits per heavy atom. The number of hydrogen-bond donors (Lipinski definition) is 0. The SMILES string of the molecule is COc1ccc(F)cc1S(=O)(=O)N1CCN(Cc2nc(-c3cccs3)cs2)CC1.